The second-order valence-corrected chi connectivity index (χ2v) is 8.45. The van der Waals surface area contributed by atoms with Crippen LogP contribution in [0.3, 0.4) is 0 Å². The molecule has 31 heavy (non-hydrogen) atoms. The van der Waals surface area contributed by atoms with Gasteiger partial charge in [-0.3, -0.25) is 9.48 Å². The molecule has 0 bridgehead atoms. The fourth-order valence-electron chi connectivity index (χ4n) is 3.27. The van der Waals surface area contributed by atoms with Gasteiger partial charge in [0.2, 0.25) is 0 Å². The van der Waals surface area contributed by atoms with Crippen molar-refractivity contribution in [2.24, 2.45) is 14.1 Å². The lowest BCUT2D eigenvalue weighted by molar-refractivity contribution is 0.444. The predicted molar refractivity (Wildman–Crippen MR) is 125 cm³/mol. The minimum Gasteiger partial charge on any atom is -0.454 e. The van der Waals surface area contributed by atoms with Gasteiger partial charge in [-0.25, -0.2) is 4.39 Å². The van der Waals surface area contributed by atoms with Gasteiger partial charge in [0.15, 0.2) is 11.6 Å². The van der Waals surface area contributed by atoms with Gasteiger partial charge >= 0.3 is 0 Å². The second-order valence-electron chi connectivity index (χ2n) is 6.95. The molecule has 1 N–H and O–H groups in total. The highest BCUT2D eigenvalue weighted by Crippen LogP contribution is 2.39. The predicted octanol–water partition coefficient (Wildman–Crippen LogP) is 5.60. The third-order valence-electron chi connectivity index (χ3n) is 4.68. The van der Waals surface area contributed by atoms with Gasteiger partial charge in [0.05, 0.1) is 5.39 Å². The van der Waals surface area contributed by atoms with Gasteiger partial charge in [0.1, 0.15) is 11.3 Å². The molecule has 4 aromatic rings. The van der Waals surface area contributed by atoms with Crippen LogP contribution in [-0.2, 0) is 14.1 Å². The third-order valence-corrected chi connectivity index (χ3v) is 5.58. The molecule has 2 heterocycles. The Labute approximate surface area is 187 Å². The van der Waals surface area contributed by atoms with Crippen LogP contribution in [0.4, 0.5) is 10.1 Å². The Morgan fingerprint density at radius 1 is 1.13 bits per heavy atom. The zero-order chi connectivity index (χ0) is 22.1. The van der Waals surface area contributed by atoms with Crippen LogP contribution in [0.2, 0.25) is 5.02 Å². The van der Waals surface area contributed by atoms with Crippen molar-refractivity contribution < 1.29 is 9.13 Å². The van der Waals surface area contributed by atoms with Crippen molar-refractivity contribution in [2.75, 3.05) is 10.5 Å². The maximum Gasteiger partial charge on any atom is 0.261 e. The van der Waals surface area contributed by atoms with Crippen LogP contribution in [0.25, 0.3) is 22.0 Å². The summed E-state index contributed by atoms with van der Waals surface area (Å²) in [4.78, 5) is 12.6. The highest BCUT2D eigenvalue weighted by Gasteiger charge is 2.18. The Morgan fingerprint density at radius 2 is 1.90 bits per heavy atom. The van der Waals surface area contributed by atoms with Crippen molar-refractivity contribution in [1.29, 1.82) is 0 Å². The van der Waals surface area contributed by atoms with Crippen LogP contribution in [-0.4, -0.2) is 20.1 Å². The van der Waals surface area contributed by atoms with Gasteiger partial charge in [0.25, 0.3) is 5.56 Å². The van der Waals surface area contributed by atoms with Gasteiger partial charge in [-0.15, -0.1) is 0 Å². The molecule has 160 valence electrons. The lowest BCUT2D eigenvalue weighted by atomic mass is 10.0. The van der Waals surface area contributed by atoms with Gasteiger partial charge < -0.3 is 14.0 Å². The van der Waals surface area contributed by atoms with E-state index in [2.05, 4.69) is 9.82 Å². The molecule has 0 saturated carbocycles. The van der Waals surface area contributed by atoms with Crippen molar-refractivity contribution >= 4 is 40.1 Å². The number of ether oxygens (including phenoxy) is 1. The Balaban J connectivity index is 1.92. The number of nitrogens with one attached hydrogen (secondary N) is 1. The lowest BCUT2D eigenvalue weighted by Gasteiger charge is -2.15. The summed E-state index contributed by atoms with van der Waals surface area (Å²) in [5, 5.41) is 5.27. The van der Waals surface area contributed by atoms with Crippen LogP contribution < -0.4 is 15.0 Å². The summed E-state index contributed by atoms with van der Waals surface area (Å²) in [6.45, 7) is 2.05. The minimum atomic E-state index is -0.564. The quantitative estimate of drug-likeness (QED) is 0.381. The number of hydrogen-bond donors (Lipinski definition) is 1. The average Bonchev–Trinajstić information content (AvgIpc) is 3.14. The minimum absolute atomic E-state index is 0.0522. The van der Waals surface area contributed by atoms with E-state index >= 15 is 0 Å². The number of fused-ring (bicyclic) bond motifs is 1. The van der Waals surface area contributed by atoms with E-state index in [9.17, 15) is 9.18 Å². The Morgan fingerprint density at radius 3 is 2.65 bits per heavy atom. The lowest BCUT2D eigenvalue weighted by Crippen LogP contribution is -2.16. The third kappa shape index (κ3) is 4.26. The van der Waals surface area contributed by atoms with E-state index in [0.717, 1.165) is 11.4 Å². The maximum absolute atomic E-state index is 14.4. The molecule has 0 spiro atoms. The summed E-state index contributed by atoms with van der Waals surface area (Å²) in [7, 11) is 3.45. The van der Waals surface area contributed by atoms with E-state index in [1.165, 1.54) is 16.7 Å². The number of pyridine rings is 1. The molecule has 2 aromatic carbocycles. The molecule has 0 atom stereocenters. The number of hydrogen-bond acceptors (Lipinski definition) is 5. The zero-order valence-corrected chi connectivity index (χ0v) is 18.7. The van der Waals surface area contributed by atoms with Crippen molar-refractivity contribution in [2.45, 2.75) is 6.92 Å². The molecular weight excluding hydrogens is 439 g/mol. The molecule has 9 heteroatoms. The van der Waals surface area contributed by atoms with Crippen LogP contribution in [0.5, 0.6) is 11.5 Å². The molecule has 4 rings (SSSR count). The first-order valence-corrected chi connectivity index (χ1v) is 10.9. The van der Waals surface area contributed by atoms with E-state index < -0.39 is 5.82 Å². The summed E-state index contributed by atoms with van der Waals surface area (Å²) in [6.07, 6.45) is 3.41. The molecule has 0 saturated heterocycles. The molecule has 0 aliphatic heterocycles. The van der Waals surface area contributed by atoms with Crippen molar-refractivity contribution in [3.8, 4) is 22.6 Å². The number of aryl methyl sites for hydroxylation is 2. The Bertz CT molecular complexity index is 1340. The standard InChI is InChI=1S/C22H20ClFN4O2S/c1-4-31-26-14-6-8-19(30-20-7-5-13(23)9-18(20)24)15(10-14)16-11-27(2)22(29)17-12-28(3)25-21(16)17/h5-12,26H,4H2,1-3H3. The van der Waals surface area contributed by atoms with Crippen molar-refractivity contribution in [1.82, 2.24) is 14.3 Å². The summed E-state index contributed by atoms with van der Waals surface area (Å²) >= 11 is 7.42. The Kier molecular flexibility index (Phi) is 5.93. The average molecular weight is 459 g/mol. The van der Waals surface area contributed by atoms with Crippen LogP contribution in [0.1, 0.15) is 6.92 Å². The van der Waals surface area contributed by atoms with E-state index in [4.69, 9.17) is 16.3 Å². The van der Waals surface area contributed by atoms with Crippen LogP contribution in [0.15, 0.2) is 53.6 Å². The molecule has 0 aliphatic rings. The van der Waals surface area contributed by atoms with E-state index in [1.54, 1.807) is 55.3 Å². The molecule has 6 nitrogen and oxygen atoms in total. The van der Waals surface area contributed by atoms with Crippen LogP contribution >= 0.6 is 23.5 Å². The number of aromatic nitrogens is 3. The molecule has 0 fully saturated rings. The molecule has 0 amide bonds. The first kappa shape index (κ1) is 21.3. The smallest absolute Gasteiger partial charge is 0.261 e. The second kappa shape index (κ2) is 8.64. The molecule has 0 unspecified atom stereocenters. The van der Waals surface area contributed by atoms with E-state index in [-0.39, 0.29) is 16.3 Å². The molecular formula is C22H20ClFN4O2S. The molecule has 0 radical (unpaired) electrons. The number of nitrogens with zero attached hydrogens (tertiary/aromatic N) is 3. The number of benzene rings is 2. The van der Waals surface area contributed by atoms with Crippen molar-refractivity contribution in [3.05, 3.63) is 70.0 Å². The highest BCUT2D eigenvalue weighted by atomic mass is 35.5. The normalized spacial score (nSPS) is 11.1. The van der Waals surface area contributed by atoms with Gasteiger partial charge in [-0.1, -0.05) is 30.5 Å². The van der Waals surface area contributed by atoms with Gasteiger partial charge in [0, 0.05) is 54.1 Å². The topological polar surface area (TPSA) is 61.1 Å². The summed E-state index contributed by atoms with van der Waals surface area (Å²) < 4.78 is 26.7. The van der Waals surface area contributed by atoms with Crippen LogP contribution in [0, 0.1) is 5.82 Å². The van der Waals surface area contributed by atoms with Crippen molar-refractivity contribution in [3.63, 3.8) is 0 Å². The fourth-order valence-corrected chi connectivity index (χ4v) is 3.87. The molecule has 0 aliphatic carbocycles. The summed E-state index contributed by atoms with van der Waals surface area (Å²) in [5.41, 5.74) is 2.63. The summed E-state index contributed by atoms with van der Waals surface area (Å²) in [5.74, 6) is 0.800. The van der Waals surface area contributed by atoms with E-state index in [1.807, 2.05) is 19.1 Å². The van der Waals surface area contributed by atoms with E-state index in [0.29, 0.717) is 27.8 Å². The SMILES string of the molecule is CCSNc1ccc(Oc2ccc(Cl)cc2F)c(-c2cn(C)c(=O)c3cn(C)nc23)c1. The highest BCUT2D eigenvalue weighted by molar-refractivity contribution is 8.00. The number of anilines is 1. The molecule has 2 aromatic heterocycles. The van der Waals surface area contributed by atoms with Gasteiger partial charge in [-0.05, 0) is 36.4 Å². The number of rotatable bonds is 6. The Hall–Kier alpha value is -2.97. The maximum atomic E-state index is 14.4. The van der Waals surface area contributed by atoms with Gasteiger partial charge in [-0.2, -0.15) is 5.10 Å². The zero-order valence-electron chi connectivity index (χ0n) is 17.1. The number of halogens is 2. The summed E-state index contributed by atoms with van der Waals surface area (Å²) in [6, 6.07) is 9.77. The first-order chi connectivity index (χ1) is 14.9. The fraction of sp³-hybridized carbons (Fsp3) is 0.182. The largest absolute Gasteiger partial charge is 0.454 e. The first-order valence-electron chi connectivity index (χ1n) is 9.55. The monoisotopic (exact) mass is 458 g/mol.